The van der Waals surface area contributed by atoms with Gasteiger partial charge in [-0.3, -0.25) is 4.79 Å². The number of ether oxygens (including phenoxy) is 1. The van der Waals surface area contributed by atoms with Crippen LogP contribution < -0.4 is 0 Å². The van der Waals surface area contributed by atoms with Crippen molar-refractivity contribution in [3.8, 4) is 6.07 Å². The van der Waals surface area contributed by atoms with Gasteiger partial charge in [-0.25, -0.2) is 0 Å². The van der Waals surface area contributed by atoms with Crippen molar-refractivity contribution in [2.45, 2.75) is 26.4 Å². The second-order valence-corrected chi connectivity index (χ2v) is 3.11. The number of hydrogen-bond donors (Lipinski definition) is 0. The molecule has 0 aromatic carbocycles. The first-order chi connectivity index (χ1) is 4.56. The number of hydrogen-bond acceptors (Lipinski definition) is 3. The Kier molecular flexibility index (Phi) is 1.40. The van der Waals surface area contributed by atoms with Crippen LogP contribution in [0.4, 0.5) is 0 Å². The van der Waals surface area contributed by atoms with E-state index >= 15 is 0 Å². The van der Waals surface area contributed by atoms with Crippen LogP contribution in [0.25, 0.3) is 0 Å². The summed E-state index contributed by atoms with van der Waals surface area (Å²) in [6, 6.07) is 1.91. The van der Waals surface area contributed by atoms with Crippen LogP contribution in [0.2, 0.25) is 0 Å². The van der Waals surface area contributed by atoms with Gasteiger partial charge in [-0.2, -0.15) is 5.26 Å². The first kappa shape index (κ1) is 7.07. The fraction of sp³-hybridized carbons (Fsp3) is 0.714. The highest BCUT2D eigenvalue weighted by Crippen LogP contribution is 2.32. The molecule has 1 rings (SSSR count). The largest absolute Gasteiger partial charge is 0.446 e. The Balaban J connectivity index is 2.73. The minimum atomic E-state index is -0.525. The molecular formula is C7H9NO2. The summed E-state index contributed by atoms with van der Waals surface area (Å²) in [6.45, 7) is 3.57. The summed E-state index contributed by atoms with van der Waals surface area (Å²) in [6.07, 6.45) is -0.00926. The molecule has 1 fully saturated rings. The molecule has 1 atom stereocenters. The lowest BCUT2D eigenvalue weighted by atomic mass is 9.90. The minimum Gasteiger partial charge on any atom is -0.446 e. The Labute approximate surface area is 59.6 Å². The topological polar surface area (TPSA) is 50.1 Å². The maximum absolute atomic E-state index is 10.9. The zero-order valence-corrected chi connectivity index (χ0v) is 6.05. The third-order valence-corrected chi connectivity index (χ3v) is 1.64. The first-order valence-corrected chi connectivity index (χ1v) is 3.17. The van der Waals surface area contributed by atoms with Crippen LogP contribution in [0, 0.1) is 16.7 Å². The molecule has 0 spiro atoms. The van der Waals surface area contributed by atoms with Gasteiger partial charge in [0.1, 0.15) is 6.07 Å². The lowest BCUT2D eigenvalue weighted by molar-refractivity contribution is -0.146. The van der Waals surface area contributed by atoms with E-state index in [0.717, 1.165) is 0 Å². The molecule has 0 amide bonds. The predicted octanol–water partition coefficient (Wildman–Crippen LogP) is 0.852. The van der Waals surface area contributed by atoms with Crippen LogP contribution in [-0.4, -0.2) is 12.1 Å². The van der Waals surface area contributed by atoms with E-state index in [0.29, 0.717) is 6.42 Å². The molecule has 0 aromatic rings. The van der Waals surface area contributed by atoms with Crippen molar-refractivity contribution in [1.29, 1.82) is 5.26 Å². The van der Waals surface area contributed by atoms with Crippen LogP contribution in [0.1, 0.15) is 20.3 Å². The van der Waals surface area contributed by atoms with Gasteiger partial charge in [0.15, 0.2) is 6.10 Å². The molecule has 1 saturated heterocycles. The van der Waals surface area contributed by atoms with Gasteiger partial charge < -0.3 is 4.74 Å². The molecule has 0 aromatic heterocycles. The van der Waals surface area contributed by atoms with E-state index in [1.54, 1.807) is 13.8 Å². The number of nitriles is 1. The molecule has 0 saturated carbocycles. The molecule has 54 valence electrons. The Morgan fingerprint density at radius 1 is 1.80 bits per heavy atom. The molecule has 0 N–H and O–H groups in total. The quantitative estimate of drug-likeness (QED) is 0.467. The predicted molar refractivity (Wildman–Crippen MR) is 33.9 cm³/mol. The van der Waals surface area contributed by atoms with E-state index in [-0.39, 0.29) is 5.97 Å². The molecule has 3 heteroatoms. The number of rotatable bonds is 0. The van der Waals surface area contributed by atoms with E-state index in [1.807, 2.05) is 6.07 Å². The Morgan fingerprint density at radius 2 is 2.40 bits per heavy atom. The monoisotopic (exact) mass is 139 g/mol. The number of nitrogens with zero attached hydrogens (tertiary/aromatic N) is 1. The summed E-state index contributed by atoms with van der Waals surface area (Å²) in [5.74, 6) is -0.265. The van der Waals surface area contributed by atoms with Crippen molar-refractivity contribution in [3.63, 3.8) is 0 Å². The highest BCUT2D eigenvalue weighted by atomic mass is 16.6. The summed E-state index contributed by atoms with van der Waals surface area (Å²) >= 11 is 0. The van der Waals surface area contributed by atoms with Gasteiger partial charge >= 0.3 is 5.97 Å². The maximum Gasteiger partial charge on any atom is 0.313 e. The van der Waals surface area contributed by atoms with Gasteiger partial charge in [0, 0.05) is 6.42 Å². The fourth-order valence-electron chi connectivity index (χ4n) is 0.949. The van der Waals surface area contributed by atoms with Crippen molar-refractivity contribution in [2.24, 2.45) is 5.41 Å². The molecule has 0 bridgehead atoms. The highest BCUT2D eigenvalue weighted by molar-refractivity contribution is 5.78. The van der Waals surface area contributed by atoms with E-state index in [4.69, 9.17) is 10.00 Å². The molecule has 0 unspecified atom stereocenters. The first-order valence-electron chi connectivity index (χ1n) is 3.17. The SMILES string of the molecule is CC1(C)C[C@@H](C#N)OC1=O. The number of esters is 1. The van der Waals surface area contributed by atoms with E-state index in [2.05, 4.69) is 0 Å². The highest BCUT2D eigenvalue weighted by Gasteiger charge is 2.41. The second kappa shape index (κ2) is 1.98. The average molecular weight is 139 g/mol. The van der Waals surface area contributed by atoms with Gasteiger partial charge in [0.25, 0.3) is 0 Å². The number of carbonyl (C=O) groups is 1. The van der Waals surface area contributed by atoms with Gasteiger partial charge in [0.05, 0.1) is 5.41 Å². The Bertz CT molecular complexity index is 202. The maximum atomic E-state index is 10.9. The van der Waals surface area contributed by atoms with E-state index < -0.39 is 11.5 Å². The summed E-state index contributed by atoms with van der Waals surface area (Å²) in [7, 11) is 0. The van der Waals surface area contributed by atoms with Crippen LogP contribution in [0.5, 0.6) is 0 Å². The lowest BCUT2D eigenvalue weighted by Gasteiger charge is -2.07. The molecule has 1 heterocycles. The summed E-state index contributed by atoms with van der Waals surface area (Å²) in [5, 5.41) is 8.39. The van der Waals surface area contributed by atoms with Crippen molar-refractivity contribution in [3.05, 3.63) is 0 Å². The lowest BCUT2D eigenvalue weighted by Crippen LogP contribution is -2.16. The Morgan fingerprint density at radius 3 is 2.60 bits per heavy atom. The van der Waals surface area contributed by atoms with E-state index in [1.165, 1.54) is 0 Å². The summed E-state index contributed by atoms with van der Waals surface area (Å²) in [4.78, 5) is 10.9. The normalized spacial score (nSPS) is 29.3. The third-order valence-electron chi connectivity index (χ3n) is 1.64. The molecular weight excluding hydrogens is 130 g/mol. The molecule has 0 radical (unpaired) electrons. The summed E-state index contributed by atoms with van der Waals surface area (Å²) in [5.41, 5.74) is -0.458. The van der Waals surface area contributed by atoms with Crippen molar-refractivity contribution in [2.75, 3.05) is 0 Å². The summed E-state index contributed by atoms with van der Waals surface area (Å²) < 4.78 is 4.73. The van der Waals surface area contributed by atoms with Crippen LogP contribution in [-0.2, 0) is 9.53 Å². The smallest absolute Gasteiger partial charge is 0.313 e. The second-order valence-electron chi connectivity index (χ2n) is 3.11. The van der Waals surface area contributed by atoms with Gasteiger partial charge in [-0.05, 0) is 13.8 Å². The molecule has 3 nitrogen and oxygen atoms in total. The zero-order valence-electron chi connectivity index (χ0n) is 6.05. The van der Waals surface area contributed by atoms with Crippen LogP contribution >= 0.6 is 0 Å². The van der Waals surface area contributed by atoms with Crippen LogP contribution in [0.3, 0.4) is 0 Å². The standard InChI is InChI=1S/C7H9NO2/c1-7(2)3-5(4-8)10-6(7)9/h5H,3H2,1-2H3/t5-/m0/s1. The molecule has 1 aliphatic rings. The van der Waals surface area contributed by atoms with Gasteiger partial charge in [-0.1, -0.05) is 0 Å². The number of cyclic esters (lactones) is 1. The van der Waals surface area contributed by atoms with Gasteiger partial charge in [-0.15, -0.1) is 0 Å². The third kappa shape index (κ3) is 0.971. The molecule has 10 heavy (non-hydrogen) atoms. The fourth-order valence-corrected chi connectivity index (χ4v) is 0.949. The number of carbonyl (C=O) groups excluding carboxylic acids is 1. The van der Waals surface area contributed by atoms with Crippen molar-refractivity contribution >= 4 is 5.97 Å². The van der Waals surface area contributed by atoms with E-state index in [9.17, 15) is 4.79 Å². The van der Waals surface area contributed by atoms with Gasteiger partial charge in [0.2, 0.25) is 0 Å². The minimum absolute atomic E-state index is 0.265. The van der Waals surface area contributed by atoms with Crippen molar-refractivity contribution < 1.29 is 9.53 Å². The Hall–Kier alpha value is -1.04. The zero-order chi connectivity index (χ0) is 7.78. The van der Waals surface area contributed by atoms with Crippen LogP contribution in [0.15, 0.2) is 0 Å². The van der Waals surface area contributed by atoms with Crippen molar-refractivity contribution in [1.82, 2.24) is 0 Å². The molecule has 0 aliphatic carbocycles. The molecule has 1 aliphatic heterocycles. The average Bonchev–Trinajstić information content (AvgIpc) is 2.08.